The van der Waals surface area contributed by atoms with Crippen molar-refractivity contribution in [1.29, 1.82) is 0 Å². The standard InChI is InChI=1S/C13H18FN3O2S/c1-10(11-6-8-12(14)9-7-11)15-13(16(2)3)17(4)20(5,18)19/h6-9H,1H2,2-5H3. The van der Waals surface area contributed by atoms with Gasteiger partial charge in [-0.3, -0.25) is 0 Å². The number of halogens is 1. The lowest BCUT2D eigenvalue weighted by Gasteiger charge is -2.24. The first-order chi connectivity index (χ1) is 9.12. The third-order valence-electron chi connectivity index (χ3n) is 2.59. The summed E-state index contributed by atoms with van der Waals surface area (Å²) in [6.45, 7) is 3.78. The van der Waals surface area contributed by atoms with E-state index in [1.54, 1.807) is 19.0 Å². The van der Waals surface area contributed by atoms with Crippen molar-refractivity contribution in [3.63, 3.8) is 0 Å². The lowest BCUT2D eigenvalue weighted by Crippen LogP contribution is -2.41. The SMILES string of the molecule is C=C(N=C(N(C)C)N(C)S(C)(=O)=O)c1ccc(F)cc1. The van der Waals surface area contributed by atoms with E-state index in [0.717, 1.165) is 10.6 Å². The maximum absolute atomic E-state index is 12.9. The molecule has 0 saturated heterocycles. The average molecular weight is 299 g/mol. The van der Waals surface area contributed by atoms with Crippen molar-refractivity contribution >= 4 is 21.7 Å². The molecule has 7 heteroatoms. The summed E-state index contributed by atoms with van der Waals surface area (Å²) in [6, 6.07) is 5.67. The first-order valence-corrected chi connectivity index (χ1v) is 7.62. The van der Waals surface area contributed by atoms with E-state index in [9.17, 15) is 12.8 Å². The molecule has 0 aliphatic carbocycles. The Balaban J connectivity index is 3.15. The largest absolute Gasteiger partial charge is 0.348 e. The molecule has 0 fully saturated rings. The van der Waals surface area contributed by atoms with Crippen LogP contribution in [0.15, 0.2) is 35.8 Å². The predicted octanol–water partition coefficient (Wildman–Crippen LogP) is 1.61. The molecule has 0 saturated carbocycles. The van der Waals surface area contributed by atoms with Gasteiger partial charge in [0.25, 0.3) is 0 Å². The van der Waals surface area contributed by atoms with Gasteiger partial charge in [-0.05, 0) is 29.8 Å². The number of sulfonamides is 1. The predicted molar refractivity (Wildman–Crippen MR) is 79.2 cm³/mol. The minimum absolute atomic E-state index is 0.224. The minimum atomic E-state index is -3.42. The van der Waals surface area contributed by atoms with Crippen LogP contribution in [0.5, 0.6) is 0 Å². The molecule has 0 spiro atoms. The molecular weight excluding hydrogens is 281 g/mol. The molecule has 5 nitrogen and oxygen atoms in total. The van der Waals surface area contributed by atoms with Crippen molar-refractivity contribution < 1.29 is 12.8 Å². The fourth-order valence-corrected chi connectivity index (χ4v) is 1.93. The smallest absolute Gasteiger partial charge is 0.234 e. The van der Waals surface area contributed by atoms with Crippen LogP contribution >= 0.6 is 0 Å². The maximum Gasteiger partial charge on any atom is 0.234 e. The quantitative estimate of drug-likeness (QED) is 0.629. The van der Waals surface area contributed by atoms with Gasteiger partial charge in [0.1, 0.15) is 5.82 Å². The molecule has 0 radical (unpaired) electrons. The topological polar surface area (TPSA) is 53.0 Å². The molecule has 0 atom stereocenters. The first-order valence-electron chi connectivity index (χ1n) is 5.77. The van der Waals surface area contributed by atoms with Gasteiger partial charge in [-0.15, -0.1) is 0 Å². The molecule has 0 amide bonds. The molecule has 0 heterocycles. The number of hydrogen-bond donors (Lipinski definition) is 0. The van der Waals surface area contributed by atoms with Gasteiger partial charge in [0.2, 0.25) is 16.0 Å². The molecule has 1 rings (SSSR count). The first kappa shape index (κ1) is 16.2. The van der Waals surface area contributed by atoms with Crippen LogP contribution in [0.25, 0.3) is 5.70 Å². The van der Waals surface area contributed by atoms with Gasteiger partial charge in [-0.2, -0.15) is 0 Å². The zero-order valence-electron chi connectivity index (χ0n) is 12.0. The fourth-order valence-electron chi connectivity index (χ4n) is 1.43. The van der Waals surface area contributed by atoms with Crippen molar-refractivity contribution in [1.82, 2.24) is 9.21 Å². The van der Waals surface area contributed by atoms with Crippen LogP contribution < -0.4 is 0 Å². The van der Waals surface area contributed by atoms with Gasteiger partial charge in [0.15, 0.2) is 0 Å². The molecule has 110 valence electrons. The molecule has 0 N–H and O–H groups in total. The Morgan fingerprint density at radius 3 is 2.10 bits per heavy atom. The number of aliphatic imine (C=N–C) groups is 1. The zero-order chi connectivity index (χ0) is 15.5. The van der Waals surface area contributed by atoms with Gasteiger partial charge >= 0.3 is 0 Å². The number of guanidine groups is 1. The summed E-state index contributed by atoms with van der Waals surface area (Å²) < 4.78 is 37.1. The summed E-state index contributed by atoms with van der Waals surface area (Å²) in [5.41, 5.74) is 0.969. The van der Waals surface area contributed by atoms with Crippen molar-refractivity contribution in [2.24, 2.45) is 4.99 Å². The molecular formula is C13H18FN3O2S. The number of rotatable bonds is 3. The second-order valence-electron chi connectivity index (χ2n) is 4.49. The van der Waals surface area contributed by atoms with Crippen LogP contribution in [0.4, 0.5) is 4.39 Å². The fraction of sp³-hybridized carbons (Fsp3) is 0.308. The summed E-state index contributed by atoms with van der Waals surface area (Å²) in [5.74, 6) is -0.131. The Hall–Kier alpha value is -1.89. The number of benzene rings is 1. The van der Waals surface area contributed by atoms with Crippen LogP contribution in [0.3, 0.4) is 0 Å². The van der Waals surface area contributed by atoms with Crippen molar-refractivity contribution in [2.75, 3.05) is 27.4 Å². The highest BCUT2D eigenvalue weighted by Gasteiger charge is 2.18. The van der Waals surface area contributed by atoms with E-state index < -0.39 is 10.0 Å². The molecule has 0 aliphatic heterocycles. The van der Waals surface area contributed by atoms with Crippen LogP contribution in [0.2, 0.25) is 0 Å². The Morgan fingerprint density at radius 2 is 1.70 bits per heavy atom. The molecule has 1 aromatic carbocycles. The number of hydrogen-bond acceptors (Lipinski definition) is 3. The van der Waals surface area contributed by atoms with Gasteiger partial charge in [0.05, 0.1) is 12.0 Å². The van der Waals surface area contributed by atoms with E-state index in [4.69, 9.17) is 0 Å². The number of nitrogens with zero attached hydrogens (tertiary/aromatic N) is 3. The van der Waals surface area contributed by atoms with Crippen molar-refractivity contribution in [3.05, 3.63) is 42.2 Å². The van der Waals surface area contributed by atoms with E-state index in [2.05, 4.69) is 11.6 Å². The second kappa shape index (κ2) is 6.04. The summed E-state index contributed by atoms with van der Waals surface area (Å²) in [7, 11) is 1.35. The average Bonchev–Trinajstić information content (AvgIpc) is 2.34. The highest BCUT2D eigenvalue weighted by atomic mass is 32.2. The van der Waals surface area contributed by atoms with Gasteiger partial charge < -0.3 is 4.90 Å². The molecule has 0 aliphatic rings. The van der Waals surface area contributed by atoms with E-state index in [0.29, 0.717) is 11.3 Å². The summed E-state index contributed by atoms with van der Waals surface area (Å²) in [5, 5.41) is 0. The highest BCUT2D eigenvalue weighted by molar-refractivity contribution is 7.88. The van der Waals surface area contributed by atoms with E-state index in [1.807, 2.05) is 0 Å². The van der Waals surface area contributed by atoms with E-state index >= 15 is 0 Å². The lowest BCUT2D eigenvalue weighted by atomic mass is 10.2. The monoisotopic (exact) mass is 299 g/mol. The van der Waals surface area contributed by atoms with E-state index in [1.165, 1.54) is 31.3 Å². The van der Waals surface area contributed by atoms with Crippen molar-refractivity contribution in [2.45, 2.75) is 0 Å². The van der Waals surface area contributed by atoms with Crippen LogP contribution in [0, 0.1) is 5.82 Å². The summed E-state index contributed by atoms with van der Waals surface area (Å²) in [4.78, 5) is 5.78. The molecule has 0 aromatic heterocycles. The Morgan fingerprint density at radius 1 is 1.20 bits per heavy atom. The summed E-state index contributed by atoms with van der Waals surface area (Å²) in [6.07, 6.45) is 1.09. The van der Waals surface area contributed by atoms with E-state index in [-0.39, 0.29) is 11.8 Å². The molecule has 1 aromatic rings. The highest BCUT2D eigenvalue weighted by Crippen LogP contribution is 2.15. The Kier molecular flexibility index (Phi) is 4.88. The Bertz CT molecular complexity index is 622. The van der Waals surface area contributed by atoms with Gasteiger partial charge in [0, 0.05) is 21.1 Å². The molecule has 20 heavy (non-hydrogen) atoms. The normalized spacial score (nSPS) is 12.2. The van der Waals surface area contributed by atoms with Crippen LogP contribution in [-0.2, 0) is 10.0 Å². The van der Waals surface area contributed by atoms with Crippen LogP contribution in [-0.4, -0.2) is 51.0 Å². The third-order valence-corrected chi connectivity index (χ3v) is 3.75. The van der Waals surface area contributed by atoms with Gasteiger partial charge in [-0.1, -0.05) is 6.58 Å². The zero-order valence-corrected chi connectivity index (χ0v) is 12.8. The second-order valence-corrected chi connectivity index (χ2v) is 6.50. The summed E-state index contributed by atoms with van der Waals surface area (Å²) >= 11 is 0. The Labute approximate surface area is 119 Å². The van der Waals surface area contributed by atoms with Crippen LogP contribution in [0.1, 0.15) is 5.56 Å². The third kappa shape index (κ3) is 4.06. The lowest BCUT2D eigenvalue weighted by molar-refractivity contribution is 0.508. The maximum atomic E-state index is 12.9. The molecule has 0 bridgehead atoms. The van der Waals surface area contributed by atoms with Gasteiger partial charge in [-0.25, -0.2) is 22.1 Å². The minimum Gasteiger partial charge on any atom is -0.348 e. The molecule has 0 unspecified atom stereocenters. The van der Waals surface area contributed by atoms with Crippen molar-refractivity contribution in [3.8, 4) is 0 Å².